The van der Waals surface area contributed by atoms with E-state index in [1.54, 1.807) is 0 Å². The first-order valence-corrected chi connectivity index (χ1v) is 7.77. The molecular formula is C12H20FN3O2S. The molecule has 3 amide bonds. The molecule has 0 unspecified atom stereocenters. The second-order valence-electron chi connectivity index (χ2n) is 4.91. The second-order valence-corrected chi connectivity index (χ2v) is 6.18. The zero-order valence-electron chi connectivity index (χ0n) is 10.8. The van der Waals surface area contributed by atoms with Crippen molar-refractivity contribution in [2.75, 3.05) is 19.0 Å². The molecule has 2 fully saturated rings. The lowest BCUT2D eigenvalue weighted by Crippen LogP contribution is -2.36. The van der Waals surface area contributed by atoms with Gasteiger partial charge in [0, 0.05) is 24.0 Å². The molecule has 0 aromatic heterocycles. The highest BCUT2D eigenvalue weighted by Crippen LogP contribution is 2.33. The molecule has 2 aliphatic rings. The van der Waals surface area contributed by atoms with Gasteiger partial charge in [-0.2, -0.15) is 11.8 Å². The molecule has 0 aliphatic carbocycles. The van der Waals surface area contributed by atoms with Gasteiger partial charge in [0.1, 0.15) is 6.67 Å². The van der Waals surface area contributed by atoms with Crippen molar-refractivity contribution in [3.63, 3.8) is 0 Å². The molecule has 5 nitrogen and oxygen atoms in total. The Morgan fingerprint density at radius 1 is 1.42 bits per heavy atom. The van der Waals surface area contributed by atoms with E-state index < -0.39 is 6.67 Å². The van der Waals surface area contributed by atoms with Crippen LogP contribution in [0.3, 0.4) is 0 Å². The summed E-state index contributed by atoms with van der Waals surface area (Å²) >= 11 is 1.88. The van der Waals surface area contributed by atoms with E-state index in [2.05, 4.69) is 16.0 Å². The first kappa shape index (κ1) is 14.4. The number of fused-ring (bicyclic) bond motifs is 1. The monoisotopic (exact) mass is 288 g/mol. The first-order valence-electron chi connectivity index (χ1n) is 6.72. The minimum atomic E-state index is -0.514. The highest BCUT2D eigenvalue weighted by molar-refractivity contribution is 8.00. The van der Waals surface area contributed by atoms with Crippen LogP contribution in [0.2, 0.25) is 0 Å². The Morgan fingerprint density at radius 3 is 3.05 bits per heavy atom. The van der Waals surface area contributed by atoms with E-state index >= 15 is 0 Å². The van der Waals surface area contributed by atoms with Gasteiger partial charge in [0.2, 0.25) is 5.91 Å². The molecule has 0 aromatic carbocycles. The zero-order chi connectivity index (χ0) is 13.7. The maximum absolute atomic E-state index is 11.8. The molecule has 3 N–H and O–H groups in total. The van der Waals surface area contributed by atoms with Crippen LogP contribution in [-0.2, 0) is 4.79 Å². The van der Waals surface area contributed by atoms with E-state index in [1.165, 1.54) is 0 Å². The van der Waals surface area contributed by atoms with Gasteiger partial charge in [-0.1, -0.05) is 6.42 Å². The van der Waals surface area contributed by atoms with Gasteiger partial charge in [-0.3, -0.25) is 4.79 Å². The van der Waals surface area contributed by atoms with Crippen molar-refractivity contribution in [2.45, 2.75) is 43.0 Å². The lowest BCUT2D eigenvalue weighted by Gasteiger charge is -2.16. The van der Waals surface area contributed by atoms with Gasteiger partial charge in [-0.05, 0) is 12.8 Å². The van der Waals surface area contributed by atoms with Crippen LogP contribution in [0.5, 0.6) is 0 Å². The summed E-state index contributed by atoms with van der Waals surface area (Å²) in [4.78, 5) is 22.5. The van der Waals surface area contributed by atoms with Gasteiger partial charge in [0.25, 0.3) is 0 Å². The Hall–Kier alpha value is -0.980. The average molecular weight is 288 g/mol. The van der Waals surface area contributed by atoms with Gasteiger partial charge in [-0.25, -0.2) is 9.18 Å². The van der Waals surface area contributed by atoms with Crippen molar-refractivity contribution in [2.24, 2.45) is 0 Å². The third-order valence-electron chi connectivity index (χ3n) is 3.50. The standard InChI is InChI=1S/C12H20FN3O2S/c13-5-6-14-10(17)4-2-1-3-9-11-8(7-19-9)15-12(18)16-11/h8-9,11H,1-7H2,(H,14,17)(H2,15,16,18)/t8-,9-,11-/m0/s1/i13-1. The van der Waals surface area contributed by atoms with Crippen LogP contribution in [0, 0.1) is 0 Å². The predicted octanol–water partition coefficient (Wildman–Crippen LogP) is 0.798. The van der Waals surface area contributed by atoms with Crippen LogP contribution in [0.1, 0.15) is 25.7 Å². The van der Waals surface area contributed by atoms with E-state index in [9.17, 15) is 14.0 Å². The highest BCUT2D eigenvalue weighted by Gasteiger charge is 2.42. The number of halogens is 1. The van der Waals surface area contributed by atoms with Crippen molar-refractivity contribution < 1.29 is 14.0 Å². The van der Waals surface area contributed by atoms with Crippen molar-refractivity contribution in [3.8, 4) is 0 Å². The van der Waals surface area contributed by atoms with Crippen LogP contribution in [0.4, 0.5) is 9.18 Å². The topological polar surface area (TPSA) is 70.2 Å². The molecule has 0 bridgehead atoms. The Labute approximate surface area is 116 Å². The van der Waals surface area contributed by atoms with Crippen LogP contribution in [0.25, 0.3) is 0 Å². The van der Waals surface area contributed by atoms with Crippen LogP contribution in [-0.4, -0.2) is 48.2 Å². The molecule has 0 saturated carbocycles. The molecule has 7 heteroatoms. The number of urea groups is 1. The summed E-state index contributed by atoms with van der Waals surface area (Å²) in [7, 11) is 0. The quantitative estimate of drug-likeness (QED) is 0.479. The van der Waals surface area contributed by atoms with Gasteiger partial charge in [-0.15, -0.1) is 0 Å². The number of carbonyl (C=O) groups is 2. The number of nitrogens with one attached hydrogen (secondary N) is 3. The minimum Gasteiger partial charge on any atom is -0.353 e. The minimum absolute atomic E-state index is 0.0640. The van der Waals surface area contributed by atoms with E-state index in [0.717, 1.165) is 25.0 Å². The summed E-state index contributed by atoms with van der Waals surface area (Å²) in [6, 6.07) is 0.430. The molecule has 0 spiro atoms. The lowest BCUT2D eigenvalue weighted by molar-refractivity contribution is -0.121. The van der Waals surface area contributed by atoms with Crippen molar-refractivity contribution in [1.29, 1.82) is 0 Å². The molecule has 2 heterocycles. The molecule has 0 aromatic rings. The molecule has 3 atom stereocenters. The van der Waals surface area contributed by atoms with E-state index in [0.29, 0.717) is 11.7 Å². The summed E-state index contributed by atoms with van der Waals surface area (Å²) in [6.07, 6.45) is 3.23. The fraction of sp³-hybridized carbons (Fsp3) is 0.833. The second kappa shape index (κ2) is 6.98. The maximum Gasteiger partial charge on any atom is 0.315 e. The number of unbranched alkanes of at least 4 members (excludes halogenated alkanes) is 1. The van der Waals surface area contributed by atoms with Gasteiger partial charge >= 0.3 is 6.03 Å². The number of hydrogen-bond donors (Lipinski definition) is 3. The van der Waals surface area contributed by atoms with Crippen molar-refractivity contribution in [1.82, 2.24) is 16.0 Å². The number of amides is 3. The summed E-state index contributed by atoms with van der Waals surface area (Å²) in [5, 5.41) is 8.82. The van der Waals surface area contributed by atoms with Crippen LogP contribution in [0.15, 0.2) is 0 Å². The van der Waals surface area contributed by atoms with E-state index in [1.807, 2.05) is 11.8 Å². The largest absolute Gasteiger partial charge is 0.353 e. The molecular weight excluding hydrogens is 268 g/mol. The Balaban J connectivity index is 1.59. The summed E-state index contributed by atoms with van der Waals surface area (Å²) in [6.45, 7) is -0.404. The summed E-state index contributed by atoms with van der Waals surface area (Å²) < 4.78 is 11.8. The number of hydrogen-bond acceptors (Lipinski definition) is 3. The molecule has 19 heavy (non-hydrogen) atoms. The van der Waals surface area contributed by atoms with E-state index in [-0.39, 0.29) is 30.6 Å². The van der Waals surface area contributed by atoms with Crippen molar-refractivity contribution in [3.05, 3.63) is 0 Å². The number of rotatable bonds is 7. The molecule has 2 saturated heterocycles. The summed E-state index contributed by atoms with van der Waals surface area (Å²) in [5.41, 5.74) is 0. The lowest BCUT2D eigenvalue weighted by atomic mass is 10.0. The molecule has 2 aliphatic heterocycles. The zero-order valence-corrected chi connectivity index (χ0v) is 11.6. The first-order chi connectivity index (χ1) is 9.20. The smallest absolute Gasteiger partial charge is 0.315 e. The van der Waals surface area contributed by atoms with Gasteiger partial charge < -0.3 is 16.0 Å². The summed E-state index contributed by atoms with van der Waals surface area (Å²) in [5.74, 6) is 0.885. The number of thioether (sulfide) groups is 1. The van der Waals surface area contributed by atoms with Crippen LogP contribution >= 0.6 is 11.8 Å². The van der Waals surface area contributed by atoms with Crippen LogP contribution < -0.4 is 16.0 Å². The van der Waals surface area contributed by atoms with E-state index in [4.69, 9.17) is 0 Å². The Bertz CT molecular complexity index is 343. The number of carbonyl (C=O) groups excluding carboxylic acids is 2. The van der Waals surface area contributed by atoms with Crippen molar-refractivity contribution >= 4 is 23.7 Å². The maximum atomic E-state index is 11.8. The predicted molar refractivity (Wildman–Crippen MR) is 72.9 cm³/mol. The number of alkyl halides is 1. The molecule has 108 valence electrons. The highest BCUT2D eigenvalue weighted by atomic mass is 32.2. The third kappa shape index (κ3) is 3.99. The Kier molecular flexibility index (Phi) is 5.30. The van der Waals surface area contributed by atoms with Gasteiger partial charge in [0.15, 0.2) is 0 Å². The Morgan fingerprint density at radius 2 is 2.26 bits per heavy atom. The molecule has 0 radical (unpaired) electrons. The molecule has 2 rings (SSSR count). The average Bonchev–Trinajstić information content (AvgIpc) is 2.92. The fourth-order valence-corrected chi connectivity index (χ4v) is 4.09. The fourth-order valence-electron chi connectivity index (χ4n) is 2.55. The normalized spacial score (nSPS) is 28.7. The SMILES string of the molecule is O=C(CCCC[C@@H]1SC[C@@H]2NC(=O)N[C@@H]21)NCC[18F]. The third-order valence-corrected chi connectivity index (χ3v) is 5.01. The van der Waals surface area contributed by atoms with Gasteiger partial charge in [0.05, 0.1) is 12.1 Å².